The predicted molar refractivity (Wildman–Crippen MR) is 60.1 cm³/mol. The molecule has 2 rings (SSSR count). The van der Waals surface area contributed by atoms with E-state index in [0.29, 0.717) is 0 Å². The lowest BCUT2D eigenvalue weighted by atomic mass is 9.95. The fourth-order valence-electron chi connectivity index (χ4n) is 1.91. The van der Waals surface area contributed by atoms with Crippen molar-refractivity contribution in [3.05, 3.63) is 29.8 Å². The summed E-state index contributed by atoms with van der Waals surface area (Å²) in [7, 11) is -3.51. The molecule has 2 N–H and O–H groups in total. The van der Waals surface area contributed by atoms with Crippen molar-refractivity contribution in [1.82, 2.24) is 0 Å². The molecule has 5 nitrogen and oxygen atoms in total. The summed E-state index contributed by atoms with van der Waals surface area (Å²) >= 11 is 0. The molecule has 0 spiro atoms. The van der Waals surface area contributed by atoms with E-state index in [1.807, 2.05) is 0 Å². The van der Waals surface area contributed by atoms with Gasteiger partial charge in [0.05, 0.1) is 10.6 Å². The normalized spacial score (nSPS) is 22.6. The van der Waals surface area contributed by atoms with Crippen LogP contribution in [0.25, 0.3) is 0 Å². The number of carbonyl (C=O) groups excluding carboxylic acids is 2. The van der Waals surface area contributed by atoms with Crippen LogP contribution in [0.5, 0.6) is 0 Å². The van der Waals surface area contributed by atoms with Crippen molar-refractivity contribution in [2.45, 2.75) is 11.3 Å². The highest BCUT2D eigenvalue weighted by Crippen LogP contribution is 2.26. The first kappa shape index (κ1) is 11.8. The van der Waals surface area contributed by atoms with E-state index < -0.39 is 27.4 Å². The van der Waals surface area contributed by atoms with Crippen LogP contribution in [-0.2, 0) is 14.6 Å². The van der Waals surface area contributed by atoms with Gasteiger partial charge >= 0.3 is 0 Å². The third-order valence-corrected chi connectivity index (χ3v) is 4.62. The highest BCUT2D eigenvalue weighted by Gasteiger charge is 2.35. The van der Waals surface area contributed by atoms with Crippen LogP contribution in [0.4, 0.5) is 0 Å². The number of hydrogen-bond donors (Lipinski definition) is 1. The Morgan fingerprint density at radius 2 is 1.94 bits per heavy atom. The van der Waals surface area contributed by atoms with Gasteiger partial charge in [0.1, 0.15) is 5.92 Å². The zero-order chi connectivity index (χ0) is 12.6. The summed E-state index contributed by atoms with van der Waals surface area (Å²) in [5.41, 5.74) is 5.18. The molecule has 1 aliphatic rings. The van der Waals surface area contributed by atoms with Gasteiger partial charge in [0, 0.05) is 5.56 Å². The number of ketones is 1. The summed E-state index contributed by atoms with van der Waals surface area (Å²) < 4.78 is 23.8. The first-order valence-corrected chi connectivity index (χ1v) is 6.74. The van der Waals surface area contributed by atoms with Crippen molar-refractivity contribution < 1.29 is 18.0 Å². The number of Topliss-reactive ketones (excluding diaryl/α,β-unsaturated/α-hetero) is 1. The van der Waals surface area contributed by atoms with E-state index in [1.165, 1.54) is 12.1 Å². The van der Waals surface area contributed by atoms with Gasteiger partial charge in [-0.05, 0) is 12.5 Å². The third kappa shape index (κ3) is 1.95. The minimum absolute atomic E-state index is 0.00579. The molecule has 1 aliphatic heterocycles. The van der Waals surface area contributed by atoms with E-state index in [2.05, 4.69) is 0 Å². The maximum atomic E-state index is 12.0. The Bertz CT molecular complexity index is 591. The maximum Gasteiger partial charge on any atom is 0.228 e. The molecule has 0 saturated heterocycles. The Balaban J connectivity index is 2.65. The zero-order valence-electron chi connectivity index (χ0n) is 8.92. The average Bonchev–Trinajstić information content (AvgIpc) is 2.37. The number of primary amides is 1. The molecule has 1 atom stereocenters. The number of fused-ring (bicyclic) bond motifs is 1. The fourth-order valence-corrected chi connectivity index (χ4v) is 3.47. The molecule has 17 heavy (non-hydrogen) atoms. The van der Waals surface area contributed by atoms with Crippen LogP contribution >= 0.6 is 0 Å². The molecule has 0 aromatic heterocycles. The summed E-state index contributed by atoms with van der Waals surface area (Å²) in [4.78, 5) is 23.1. The summed E-state index contributed by atoms with van der Waals surface area (Å²) in [5.74, 6) is -2.56. The number of nitrogens with two attached hydrogens (primary N) is 1. The van der Waals surface area contributed by atoms with Gasteiger partial charge in [-0.3, -0.25) is 9.59 Å². The van der Waals surface area contributed by atoms with E-state index in [4.69, 9.17) is 5.73 Å². The molecule has 1 aromatic carbocycles. The van der Waals surface area contributed by atoms with Gasteiger partial charge in [-0.25, -0.2) is 8.42 Å². The Kier molecular flexibility index (Phi) is 2.74. The second-order valence-corrected chi connectivity index (χ2v) is 6.00. The quantitative estimate of drug-likeness (QED) is 0.721. The standard InChI is InChI=1S/C11H11NO4S/c12-11(14)8-5-6-17(15,16)9-4-2-1-3-7(9)10(8)13/h1-4,8H,5-6H2,(H2,12,14). The van der Waals surface area contributed by atoms with Gasteiger partial charge in [0.25, 0.3) is 0 Å². The molecule has 0 fully saturated rings. The zero-order valence-corrected chi connectivity index (χ0v) is 9.74. The molecule has 0 bridgehead atoms. The average molecular weight is 253 g/mol. The topological polar surface area (TPSA) is 94.3 Å². The van der Waals surface area contributed by atoms with Crippen molar-refractivity contribution in [3.63, 3.8) is 0 Å². The Labute approximate surface area is 98.5 Å². The Morgan fingerprint density at radius 3 is 2.59 bits per heavy atom. The van der Waals surface area contributed by atoms with Crippen molar-refractivity contribution >= 4 is 21.5 Å². The van der Waals surface area contributed by atoms with Crippen molar-refractivity contribution in [3.8, 4) is 0 Å². The molecule has 0 radical (unpaired) electrons. The molecule has 6 heteroatoms. The van der Waals surface area contributed by atoms with Crippen LogP contribution in [0.15, 0.2) is 29.2 Å². The van der Waals surface area contributed by atoms with E-state index >= 15 is 0 Å². The van der Waals surface area contributed by atoms with Gasteiger partial charge < -0.3 is 5.73 Å². The van der Waals surface area contributed by atoms with Gasteiger partial charge in [-0.2, -0.15) is 0 Å². The second-order valence-electron chi connectivity index (χ2n) is 3.92. The molecule has 90 valence electrons. The van der Waals surface area contributed by atoms with E-state index in [1.54, 1.807) is 12.1 Å². The maximum absolute atomic E-state index is 12.0. The van der Waals surface area contributed by atoms with Crippen LogP contribution < -0.4 is 5.73 Å². The van der Waals surface area contributed by atoms with Crippen LogP contribution in [-0.4, -0.2) is 25.9 Å². The summed E-state index contributed by atoms with van der Waals surface area (Å²) in [6.07, 6.45) is -0.0504. The lowest BCUT2D eigenvalue weighted by Gasteiger charge is -2.07. The molecule has 0 aliphatic carbocycles. The molecular formula is C11H11NO4S. The van der Waals surface area contributed by atoms with Gasteiger partial charge in [0.15, 0.2) is 15.6 Å². The Hall–Kier alpha value is -1.69. The number of sulfone groups is 1. The molecule has 0 saturated carbocycles. The number of hydrogen-bond acceptors (Lipinski definition) is 4. The van der Waals surface area contributed by atoms with Gasteiger partial charge in [-0.1, -0.05) is 18.2 Å². The SMILES string of the molecule is NC(=O)C1CCS(=O)(=O)c2ccccc2C1=O. The summed E-state index contributed by atoms with van der Waals surface area (Å²) in [6.45, 7) is 0. The van der Waals surface area contributed by atoms with E-state index in [9.17, 15) is 18.0 Å². The molecule has 1 heterocycles. The minimum Gasteiger partial charge on any atom is -0.369 e. The Morgan fingerprint density at radius 1 is 1.29 bits per heavy atom. The van der Waals surface area contributed by atoms with Crippen molar-refractivity contribution in [2.75, 3.05) is 5.75 Å². The summed E-state index contributed by atoms with van der Waals surface area (Å²) in [6, 6.07) is 5.91. The number of rotatable bonds is 1. The second kappa shape index (κ2) is 3.96. The molecular weight excluding hydrogens is 242 g/mol. The number of benzene rings is 1. The third-order valence-electron chi connectivity index (χ3n) is 2.82. The minimum atomic E-state index is -3.51. The highest BCUT2D eigenvalue weighted by molar-refractivity contribution is 7.91. The number of carbonyl (C=O) groups is 2. The summed E-state index contributed by atoms with van der Waals surface area (Å²) in [5, 5.41) is 0. The van der Waals surface area contributed by atoms with Crippen LogP contribution in [0.1, 0.15) is 16.8 Å². The van der Waals surface area contributed by atoms with Crippen molar-refractivity contribution in [1.29, 1.82) is 0 Å². The van der Waals surface area contributed by atoms with Crippen LogP contribution in [0.2, 0.25) is 0 Å². The molecule has 1 unspecified atom stereocenters. The van der Waals surface area contributed by atoms with Gasteiger partial charge in [-0.15, -0.1) is 0 Å². The monoisotopic (exact) mass is 253 g/mol. The van der Waals surface area contributed by atoms with Crippen LogP contribution in [0, 0.1) is 5.92 Å². The van der Waals surface area contributed by atoms with E-state index in [-0.39, 0.29) is 22.6 Å². The lowest BCUT2D eigenvalue weighted by Crippen LogP contribution is -2.30. The highest BCUT2D eigenvalue weighted by atomic mass is 32.2. The first-order valence-electron chi connectivity index (χ1n) is 5.09. The van der Waals surface area contributed by atoms with E-state index in [0.717, 1.165) is 0 Å². The predicted octanol–water partition coefficient (Wildman–Crippen LogP) is 0.148. The van der Waals surface area contributed by atoms with Gasteiger partial charge in [0.2, 0.25) is 5.91 Å². The fraction of sp³-hybridized carbons (Fsp3) is 0.273. The number of amides is 1. The van der Waals surface area contributed by atoms with Crippen molar-refractivity contribution in [2.24, 2.45) is 11.7 Å². The lowest BCUT2D eigenvalue weighted by molar-refractivity contribution is -0.120. The molecule has 1 amide bonds. The smallest absolute Gasteiger partial charge is 0.228 e. The first-order chi connectivity index (χ1) is 7.93. The van der Waals surface area contributed by atoms with Crippen LogP contribution in [0.3, 0.4) is 0 Å². The largest absolute Gasteiger partial charge is 0.369 e. The molecule has 1 aromatic rings.